The summed E-state index contributed by atoms with van der Waals surface area (Å²) in [5, 5.41) is 43.0. The van der Waals surface area contributed by atoms with Crippen LogP contribution < -0.4 is 30.8 Å². The molecule has 0 aliphatic carbocycles. The molecule has 0 saturated carbocycles. The first-order valence-corrected chi connectivity index (χ1v) is 31.0. The number of allylic oxidation sites excluding steroid dienone is 2. The Morgan fingerprint density at radius 2 is 1.57 bits per heavy atom. The number of aliphatic hydroxyl groups is 1. The summed E-state index contributed by atoms with van der Waals surface area (Å²) in [6, 6.07) is 6.42. The summed E-state index contributed by atoms with van der Waals surface area (Å²) in [6.07, 6.45) is 5.75. The number of anilines is 1. The monoisotopic (exact) mass is 1260 g/mol. The SMILES string of the molecule is COC1C=COC2(C)Oc3c(C)c(O)c4c(O)c(c5c(c4c3C2=O)NC2(CCN(CC(C)C)CC2)N=5)=NC(=O)/C(C)=C\C=CC(C)C(OC(=O)CN(CCCCC(C=O)C=O)CCNC(=O)OCc2ccc(OC(C)=O)cc2)C(C)C(O)C(C)C(OC(C)=O)C1C. The third kappa shape index (κ3) is 16.9. The molecule has 5 bridgehead atoms. The predicted molar refractivity (Wildman–Crippen MR) is 333 cm³/mol. The van der Waals surface area contributed by atoms with Crippen LogP contribution in [0.2, 0.25) is 0 Å². The van der Waals surface area contributed by atoms with E-state index in [1.807, 2.05) is 0 Å². The lowest BCUT2D eigenvalue weighted by Crippen LogP contribution is -2.48. The first kappa shape index (κ1) is 70.4. The fourth-order valence-corrected chi connectivity index (χ4v) is 12.3. The zero-order valence-corrected chi connectivity index (χ0v) is 54.1. The minimum absolute atomic E-state index is 0.00162. The van der Waals surface area contributed by atoms with Crippen molar-refractivity contribution in [1.29, 1.82) is 0 Å². The predicted octanol–water partition coefficient (Wildman–Crippen LogP) is 6.64. The maximum Gasteiger partial charge on any atom is 0.407 e. The molecule has 1 fully saturated rings. The number of hydrogen-bond donors (Lipinski definition) is 5. The number of ether oxygens (including phenoxy) is 7. The molecule has 24 heteroatoms. The Hall–Kier alpha value is -8.06. The molecule has 5 aliphatic heterocycles. The molecule has 9 unspecified atom stereocenters. The van der Waals surface area contributed by atoms with Crippen LogP contribution in [0.15, 0.2) is 70.4 Å². The summed E-state index contributed by atoms with van der Waals surface area (Å²) in [5.41, 5.74) is 0.161. The van der Waals surface area contributed by atoms with Gasteiger partial charge in [0.05, 0.1) is 47.6 Å². The number of phenolic OH excluding ortho intramolecular Hbond substituents is 2. The number of amides is 2. The minimum atomic E-state index is -2.05. The Morgan fingerprint density at radius 3 is 2.21 bits per heavy atom. The number of phenols is 2. The molecule has 9 atom stereocenters. The van der Waals surface area contributed by atoms with E-state index in [9.17, 15) is 48.9 Å². The van der Waals surface area contributed by atoms with Gasteiger partial charge in [0, 0.05) is 114 Å². The molecular weight excluding hydrogens is 1180 g/mol. The molecule has 2 amide bonds. The maximum atomic E-state index is 15.0. The van der Waals surface area contributed by atoms with Crippen molar-refractivity contribution >= 4 is 64.7 Å². The van der Waals surface area contributed by atoms with Gasteiger partial charge in [-0.2, -0.15) is 0 Å². The van der Waals surface area contributed by atoms with E-state index in [-0.39, 0.29) is 88.8 Å². The largest absolute Gasteiger partial charge is 0.507 e. The third-order valence-corrected chi connectivity index (χ3v) is 17.4. The number of Topliss-reactive ketones (excluding diaryl/α,β-unsaturated/α-hetero) is 1. The number of fused-ring (bicyclic) bond motifs is 13. The zero-order valence-electron chi connectivity index (χ0n) is 54.1. The van der Waals surface area contributed by atoms with Gasteiger partial charge in [-0.25, -0.2) is 9.79 Å². The van der Waals surface area contributed by atoms with Crippen molar-refractivity contribution < 1.29 is 86.8 Å². The van der Waals surface area contributed by atoms with Crippen LogP contribution in [0.25, 0.3) is 10.8 Å². The van der Waals surface area contributed by atoms with Crippen LogP contribution in [0.1, 0.15) is 123 Å². The van der Waals surface area contributed by atoms with E-state index in [1.165, 1.54) is 60.1 Å². The number of carbonyl (C=O) groups excluding carboxylic acids is 8. The van der Waals surface area contributed by atoms with Crippen molar-refractivity contribution in [2.24, 2.45) is 45.5 Å². The van der Waals surface area contributed by atoms with Gasteiger partial charge in [0.2, 0.25) is 0 Å². The van der Waals surface area contributed by atoms with Crippen LogP contribution in [0.5, 0.6) is 23.0 Å². The van der Waals surface area contributed by atoms with Gasteiger partial charge in [-0.05, 0) is 62.9 Å². The second-order valence-electron chi connectivity index (χ2n) is 24.9. The van der Waals surface area contributed by atoms with E-state index in [0.717, 1.165) is 6.54 Å². The molecular formula is C67H88N6O18. The molecule has 5 heterocycles. The standard InChI is InChI=1S/C67H88N6O18/c1-37(2)32-73-28-24-67(25-29-73)70-54-51-52-58(80)43(8)62-53(51)63(82)66(11,91-62)87-31-23-49(85-12)40(5)61(89-45(10)77)42(7)57(79)41(6)60(38(3)16-15-17-39(4)64(83)69-56(59(52)81)55(54)71-67)90-50(78)33-72(27-14-13-18-47(34-74)35-75)30-26-68-65(84)86-36-46-19-21-48(22-20-46)88-44(9)76/h15-17,19-23,31,34-35,37-38,40-42,47,49,57,60-61,70,79-81H,13-14,18,24-30,32-33,36H2,1-12H3,(H,68,84)/b16-15?,31-23?,39-17-,69-56?. The number of hydrogen-bond acceptors (Lipinski definition) is 22. The Balaban J connectivity index is 1.25. The molecule has 1 spiro atoms. The lowest BCUT2D eigenvalue weighted by atomic mass is 9.78. The molecule has 0 aromatic heterocycles. The van der Waals surface area contributed by atoms with Gasteiger partial charge in [-0.15, -0.1) is 0 Å². The summed E-state index contributed by atoms with van der Waals surface area (Å²) in [4.78, 5) is 118. The summed E-state index contributed by atoms with van der Waals surface area (Å²) >= 11 is 0. The highest BCUT2D eigenvalue weighted by Crippen LogP contribution is 2.51. The van der Waals surface area contributed by atoms with Crippen molar-refractivity contribution in [3.63, 3.8) is 0 Å². The normalized spacial score (nSPS) is 24.8. The average molecular weight is 1270 g/mol. The summed E-state index contributed by atoms with van der Waals surface area (Å²) in [7, 11) is 1.43. The number of benzene rings is 3. The van der Waals surface area contributed by atoms with E-state index in [4.69, 9.17) is 38.2 Å². The number of alkyl carbamates (subject to hydrolysis) is 1. The second-order valence-corrected chi connectivity index (χ2v) is 24.9. The van der Waals surface area contributed by atoms with Crippen molar-refractivity contribution in [2.75, 3.05) is 58.2 Å². The Kier molecular flexibility index (Phi) is 23.9. The van der Waals surface area contributed by atoms with Crippen LogP contribution in [0.3, 0.4) is 0 Å². The highest BCUT2D eigenvalue weighted by atomic mass is 16.7. The third-order valence-electron chi connectivity index (χ3n) is 17.4. The number of ketones is 1. The van der Waals surface area contributed by atoms with Gasteiger partial charge in [0.15, 0.2) is 5.75 Å². The second kappa shape index (κ2) is 30.8. The number of aldehydes is 2. The lowest BCUT2D eigenvalue weighted by molar-refractivity contribution is -0.166. The maximum absolute atomic E-state index is 15.0. The minimum Gasteiger partial charge on any atom is -0.507 e. The van der Waals surface area contributed by atoms with Gasteiger partial charge in [0.1, 0.15) is 65.0 Å². The van der Waals surface area contributed by atoms with Gasteiger partial charge in [-0.1, -0.05) is 78.3 Å². The van der Waals surface area contributed by atoms with Crippen molar-refractivity contribution in [3.05, 3.63) is 87.8 Å². The molecule has 494 valence electrons. The van der Waals surface area contributed by atoms with Gasteiger partial charge in [-0.3, -0.25) is 33.9 Å². The molecule has 5 aliphatic rings. The number of unbranched alkanes of at least 4 members (excludes halogenated alkanes) is 1. The zero-order chi connectivity index (χ0) is 66.6. The van der Waals surface area contributed by atoms with Gasteiger partial charge < -0.3 is 73.6 Å². The van der Waals surface area contributed by atoms with Crippen molar-refractivity contribution in [1.82, 2.24) is 15.1 Å². The number of carbonyl (C=O) groups is 8. The number of likely N-dealkylation sites (tertiary alicyclic amines) is 1. The van der Waals surface area contributed by atoms with E-state index >= 15 is 4.79 Å². The van der Waals surface area contributed by atoms with Crippen LogP contribution in [-0.2, 0) is 59.1 Å². The Labute approximate surface area is 530 Å². The average Bonchev–Trinajstić information content (AvgIpc) is 1.58. The number of nitrogens with zero attached hydrogens (tertiary/aromatic N) is 4. The highest BCUT2D eigenvalue weighted by molar-refractivity contribution is 6.21. The first-order valence-electron chi connectivity index (χ1n) is 31.0. The number of aliphatic hydroxyl groups excluding tert-OH is 1. The summed E-state index contributed by atoms with van der Waals surface area (Å²) < 4.78 is 41.3. The fraction of sp³-hybridized carbons (Fsp3) is 0.552. The van der Waals surface area contributed by atoms with Crippen LogP contribution in [0.4, 0.5) is 10.5 Å². The number of rotatable bonds is 20. The van der Waals surface area contributed by atoms with Gasteiger partial charge >= 0.3 is 29.8 Å². The topological polar surface area (TPSA) is 317 Å². The Morgan fingerprint density at radius 1 is 0.890 bits per heavy atom. The first-order chi connectivity index (χ1) is 43.1. The van der Waals surface area contributed by atoms with Crippen molar-refractivity contribution in [3.8, 4) is 23.0 Å². The number of esters is 3. The fourth-order valence-electron chi connectivity index (χ4n) is 12.3. The van der Waals surface area contributed by atoms with E-state index < -0.39 is 113 Å². The molecule has 3 aromatic rings. The van der Waals surface area contributed by atoms with E-state index in [0.29, 0.717) is 68.6 Å². The van der Waals surface area contributed by atoms with Crippen molar-refractivity contribution in [2.45, 2.75) is 151 Å². The molecule has 24 nitrogen and oxygen atoms in total. The van der Waals surface area contributed by atoms with Gasteiger partial charge in [0.25, 0.3) is 11.7 Å². The van der Waals surface area contributed by atoms with Crippen LogP contribution in [0, 0.1) is 42.4 Å². The molecule has 5 N–H and O–H groups in total. The number of methoxy groups -OCH3 is 1. The smallest absolute Gasteiger partial charge is 0.407 e. The van der Waals surface area contributed by atoms with E-state index in [1.54, 1.807) is 69.0 Å². The summed E-state index contributed by atoms with van der Waals surface area (Å²) in [6.45, 7) is 20.4. The number of nitrogens with one attached hydrogen (secondary N) is 2. The highest BCUT2D eigenvalue weighted by Gasteiger charge is 2.51. The molecule has 8 rings (SSSR count). The van der Waals surface area contributed by atoms with E-state index in [2.05, 4.69) is 34.4 Å². The molecule has 0 radical (unpaired) electrons. The number of aromatic hydroxyl groups is 2. The Bertz CT molecular complexity index is 3420. The quantitative estimate of drug-likeness (QED) is 0.0151. The van der Waals surface area contributed by atoms with Crippen LogP contribution >= 0.6 is 0 Å². The molecule has 3 aromatic carbocycles. The van der Waals surface area contributed by atoms with Crippen LogP contribution in [-0.4, -0.2) is 162 Å². The molecule has 1 saturated heterocycles. The lowest BCUT2D eigenvalue weighted by Gasteiger charge is -2.39. The molecule has 91 heavy (non-hydrogen) atoms. The summed E-state index contributed by atoms with van der Waals surface area (Å²) in [5.74, 6) is -9.57. The number of piperidine rings is 1.